The molecule has 4 rings (SSSR count). The highest BCUT2D eigenvalue weighted by Gasteiger charge is 2.66. The molecule has 4 aliphatic rings. The van der Waals surface area contributed by atoms with Crippen molar-refractivity contribution in [2.45, 2.75) is 78.5 Å². The standard InChI is InChI=1S/C19H28O4/c1-9-7-8-12-19(6)13(9)16-15(22-18(4,5)23-16)10(2)14(19)11(3)17(20)21-12/h9-10,12-13,15-16H,7-8H2,1-6H3/t9-,10?,12+,13-,15-,16+,19+/m1/s1. The molecule has 2 saturated carbocycles. The smallest absolute Gasteiger partial charge is 0.334 e. The van der Waals surface area contributed by atoms with Crippen molar-refractivity contribution >= 4 is 5.97 Å². The Bertz CT molecular complexity index is 592. The van der Waals surface area contributed by atoms with Gasteiger partial charge in [0.25, 0.3) is 0 Å². The largest absolute Gasteiger partial charge is 0.458 e. The molecule has 4 heteroatoms. The molecule has 4 nitrogen and oxygen atoms in total. The molecular weight excluding hydrogens is 292 g/mol. The predicted molar refractivity (Wildman–Crippen MR) is 85.6 cm³/mol. The van der Waals surface area contributed by atoms with E-state index in [1.165, 1.54) is 5.57 Å². The van der Waals surface area contributed by atoms with Crippen LogP contribution in [-0.4, -0.2) is 30.1 Å². The molecule has 0 aromatic rings. The third-order valence-electron chi connectivity index (χ3n) is 6.86. The van der Waals surface area contributed by atoms with Gasteiger partial charge in [0, 0.05) is 22.8 Å². The van der Waals surface area contributed by atoms with Gasteiger partial charge in [0.05, 0.1) is 12.2 Å². The highest BCUT2D eigenvalue weighted by Crippen LogP contribution is 2.63. The van der Waals surface area contributed by atoms with Gasteiger partial charge in [-0.3, -0.25) is 0 Å². The zero-order valence-corrected chi connectivity index (χ0v) is 15.0. The lowest BCUT2D eigenvalue weighted by atomic mass is 9.49. The Labute approximate surface area is 138 Å². The minimum atomic E-state index is -0.556. The summed E-state index contributed by atoms with van der Waals surface area (Å²) in [6.45, 7) is 12.7. The Balaban J connectivity index is 1.91. The summed E-state index contributed by atoms with van der Waals surface area (Å²) in [5, 5.41) is 0. The first kappa shape index (κ1) is 15.6. The third-order valence-corrected chi connectivity index (χ3v) is 6.86. The summed E-state index contributed by atoms with van der Waals surface area (Å²) in [6, 6.07) is 0. The van der Waals surface area contributed by atoms with E-state index >= 15 is 0 Å². The van der Waals surface area contributed by atoms with Gasteiger partial charge < -0.3 is 14.2 Å². The van der Waals surface area contributed by atoms with Gasteiger partial charge in [-0.25, -0.2) is 4.79 Å². The molecule has 2 heterocycles. The molecule has 1 unspecified atom stereocenters. The van der Waals surface area contributed by atoms with Crippen molar-refractivity contribution in [1.82, 2.24) is 0 Å². The molecule has 23 heavy (non-hydrogen) atoms. The van der Waals surface area contributed by atoms with E-state index in [4.69, 9.17) is 14.2 Å². The quantitative estimate of drug-likeness (QED) is 0.641. The summed E-state index contributed by atoms with van der Waals surface area (Å²) < 4.78 is 18.5. The van der Waals surface area contributed by atoms with E-state index in [-0.39, 0.29) is 35.6 Å². The van der Waals surface area contributed by atoms with Crippen molar-refractivity contribution < 1.29 is 19.0 Å². The molecule has 0 spiro atoms. The van der Waals surface area contributed by atoms with E-state index in [1.54, 1.807) is 0 Å². The molecule has 0 aromatic heterocycles. The summed E-state index contributed by atoms with van der Waals surface area (Å²) in [5.74, 6) is 0.359. The number of fused-ring (bicyclic) bond motifs is 2. The van der Waals surface area contributed by atoms with Crippen LogP contribution in [0, 0.1) is 23.2 Å². The first-order chi connectivity index (χ1) is 10.7. The van der Waals surface area contributed by atoms with E-state index in [0.29, 0.717) is 11.8 Å². The van der Waals surface area contributed by atoms with Crippen molar-refractivity contribution in [3.05, 3.63) is 11.1 Å². The van der Waals surface area contributed by atoms with E-state index in [2.05, 4.69) is 20.8 Å². The van der Waals surface area contributed by atoms with Crippen molar-refractivity contribution in [3.8, 4) is 0 Å². The maximum atomic E-state index is 12.4. The number of ether oxygens (including phenoxy) is 3. The Kier molecular flexibility index (Phi) is 3.13. The maximum Gasteiger partial charge on any atom is 0.334 e. The molecule has 0 bridgehead atoms. The van der Waals surface area contributed by atoms with Gasteiger partial charge in [0.2, 0.25) is 0 Å². The van der Waals surface area contributed by atoms with Crippen LogP contribution in [0.4, 0.5) is 0 Å². The Morgan fingerprint density at radius 3 is 2.39 bits per heavy atom. The van der Waals surface area contributed by atoms with Gasteiger partial charge in [-0.2, -0.15) is 0 Å². The fraction of sp³-hybridized carbons (Fsp3) is 0.842. The summed E-state index contributed by atoms with van der Waals surface area (Å²) in [5.41, 5.74) is 1.93. The summed E-state index contributed by atoms with van der Waals surface area (Å²) in [4.78, 5) is 12.4. The highest BCUT2D eigenvalue weighted by molar-refractivity contribution is 5.90. The Morgan fingerprint density at radius 1 is 1.04 bits per heavy atom. The SMILES string of the molecule is CC1=C2C(C)[C@H]3OC(C)(C)O[C@H]3[C@H]3[C@H](C)CC[C@H](OC1=O)[C@]23C. The van der Waals surface area contributed by atoms with Crippen molar-refractivity contribution in [2.75, 3.05) is 0 Å². The predicted octanol–water partition coefficient (Wildman–Crippen LogP) is 3.45. The third kappa shape index (κ3) is 1.88. The molecular formula is C19H28O4. The fourth-order valence-electron chi connectivity index (χ4n) is 6.11. The second-order valence-electron chi connectivity index (χ2n) is 8.65. The Morgan fingerprint density at radius 2 is 1.70 bits per heavy atom. The fourth-order valence-corrected chi connectivity index (χ4v) is 6.11. The van der Waals surface area contributed by atoms with E-state index in [9.17, 15) is 4.79 Å². The zero-order chi connectivity index (χ0) is 16.7. The minimum Gasteiger partial charge on any atom is -0.458 e. The van der Waals surface area contributed by atoms with E-state index in [1.807, 2.05) is 20.8 Å². The van der Waals surface area contributed by atoms with Crippen LogP contribution in [0.15, 0.2) is 11.1 Å². The molecule has 7 atom stereocenters. The summed E-state index contributed by atoms with van der Waals surface area (Å²) in [7, 11) is 0. The number of esters is 1. The number of carbonyl (C=O) groups is 1. The number of hydrogen-bond donors (Lipinski definition) is 0. The van der Waals surface area contributed by atoms with Gasteiger partial charge in [-0.1, -0.05) is 20.8 Å². The number of hydrogen-bond acceptors (Lipinski definition) is 4. The second-order valence-corrected chi connectivity index (χ2v) is 8.65. The lowest BCUT2D eigenvalue weighted by Crippen LogP contribution is -2.63. The van der Waals surface area contributed by atoms with Gasteiger partial charge in [-0.05, 0) is 45.1 Å². The molecule has 0 N–H and O–H groups in total. The van der Waals surface area contributed by atoms with Crippen LogP contribution in [0.3, 0.4) is 0 Å². The normalized spacial score (nSPS) is 51.1. The van der Waals surface area contributed by atoms with Gasteiger partial charge in [-0.15, -0.1) is 0 Å². The highest BCUT2D eigenvalue weighted by atomic mass is 16.8. The average Bonchev–Trinajstić information content (AvgIpc) is 2.76. The van der Waals surface area contributed by atoms with Crippen LogP contribution in [0.2, 0.25) is 0 Å². The molecule has 2 aliphatic heterocycles. The van der Waals surface area contributed by atoms with Crippen LogP contribution in [-0.2, 0) is 19.0 Å². The molecule has 3 fully saturated rings. The first-order valence-electron chi connectivity index (χ1n) is 8.94. The van der Waals surface area contributed by atoms with Crippen molar-refractivity contribution in [3.63, 3.8) is 0 Å². The van der Waals surface area contributed by atoms with Crippen LogP contribution in [0.5, 0.6) is 0 Å². The van der Waals surface area contributed by atoms with Crippen LogP contribution >= 0.6 is 0 Å². The molecule has 0 radical (unpaired) electrons. The lowest BCUT2D eigenvalue weighted by Gasteiger charge is -2.60. The van der Waals surface area contributed by atoms with E-state index < -0.39 is 5.79 Å². The second kappa shape index (κ2) is 4.60. The van der Waals surface area contributed by atoms with E-state index in [0.717, 1.165) is 18.4 Å². The number of rotatable bonds is 0. The molecule has 0 amide bonds. The molecule has 1 saturated heterocycles. The topological polar surface area (TPSA) is 44.8 Å². The van der Waals surface area contributed by atoms with Gasteiger partial charge in [0.1, 0.15) is 6.10 Å². The summed E-state index contributed by atoms with van der Waals surface area (Å²) in [6.07, 6.45) is 2.11. The lowest BCUT2D eigenvalue weighted by molar-refractivity contribution is -0.184. The van der Waals surface area contributed by atoms with Gasteiger partial charge >= 0.3 is 5.97 Å². The maximum absolute atomic E-state index is 12.4. The molecule has 128 valence electrons. The van der Waals surface area contributed by atoms with Crippen molar-refractivity contribution in [1.29, 1.82) is 0 Å². The zero-order valence-electron chi connectivity index (χ0n) is 15.0. The van der Waals surface area contributed by atoms with Crippen LogP contribution in [0.25, 0.3) is 0 Å². The van der Waals surface area contributed by atoms with Gasteiger partial charge in [0.15, 0.2) is 5.79 Å². The van der Waals surface area contributed by atoms with Crippen LogP contribution in [0.1, 0.15) is 54.4 Å². The van der Waals surface area contributed by atoms with Crippen LogP contribution < -0.4 is 0 Å². The monoisotopic (exact) mass is 320 g/mol. The van der Waals surface area contributed by atoms with Crippen molar-refractivity contribution in [2.24, 2.45) is 23.2 Å². The number of carbonyl (C=O) groups excluding carboxylic acids is 1. The molecule has 0 aromatic carbocycles. The average molecular weight is 320 g/mol. The minimum absolute atomic E-state index is 0.0226. The summed E-state index contributed by atoms with van der Waals surface area (Å²) >= 11 is 0. The Hall–Kier alpha value is -0.870. The molecule has 2 aliphatic carbocycles. The first-order valence-corrected chi connectivity index (χ1v) is 8.94.